The Hall–Kier alpha value is -1.91. The van der Waals surface area contributed by atoms with E-state index in [4.69, 9.17) is 11.6 Å². The van der Waals surface area contributed by atoms with Crippen LogP contribution in [0.4, 0.5) is 0 Å². The number of aromatic nitrogens is 1. The molecule has 6 nitrogen and oxygen atoms in total. The lowest BCUT2D eigenvalue weighted by atomic mass is 10.2. The van der Waals surface area contributed by atoms with Crippen LogP contribution in [0, 0.1) is 0 Å². The van der Waals surface area contributed by atoms with Gasteiger partial charge in [0.2, 0.25) is 15.9 Å². The van der Waals surface area contributed by atoms with Gasteiger partial charge in [-0.1, -0.05) is 41.9 Å². The number of nitrogens with one attached hydrogen (secondary N) is 1. The number of halogens is 1. The first-order chi connectivity index (χ1) is 14.9. The second kappa shape index (κ2) is 9.70. The van der Waals surface area contributed by atoms with Gasteiger partial charge in [-0.25, -0.2) is 13.4 Å². The van der Waals surface area contributed by atoms with Crippen molar-refractivity contribution in [3.8, 4) is 10.6 Å². The Morgan fingerprint density at radius 2 is 1.90 bits per heavy atom. The zero-order valence-corrected chi connectivity index (χ0v) is 19.6. The first-order valence-corrected chi connectivity index (χ1v) is 13.4. The summed E-state index contributed by atoms with van der Waals surface area (Å²) in [5.41, 5.74) is 1.96. The van der Waals surface area contributed by atoms with Crippen molar-refractivity contribution in [1.29, 1.82) is 0 Å². The number of benzene rings is 2. The molecular formula is C21H20ClN3O3S3. The second-order valence-electron chi connectivity index (χ2n) is 6.91. The van der Waals surface area contributed by atoms with Crippen LogP contribution in [0.2, 0.25) is 5.02 Å². The smallest absolute Gasteiger partial charge is 0.244 e. The van der Waals surface area contributed by atoms with E-state index < -0.39 is 16.1 Å². The highest BCUT2D eigenvalue weighted by Gasteiger charge is 2.39. The summed E-state index contributed by atoms with van der Waals surface area (Å²) >= 11 is 8.85. The van der Waals surface area contributed by atoms with Crippen LogP contribution in [0.5, 0.6) is 0 Å². The molecule has 2 aromatic carbocycles. The maximum absolute atomic E-state index is 13.0. The SMILES string of the molecule is O=C(NCCc1csc(-c2ccccc2)n1)[C@H]1CSCN1S(=O)(=O)c1ccc(Cl)cc1. The molecule has 1 aromatic heterocycles. The summed E-state index contributed by atoms with van der Waals surface area (Å²) in [4.78, 5) is 17.5. The Bertz CT molecular complexity index is 1150. The Morgan fingerprint density at radius 3 is 2.65 bits per heavy atom. The van der Waals surface area contributed by atoms with E-state index in [0.717, 1.165) is 16.3 Å². The van der Waals surface area contributed by atoms with E-state index in [9.17, 15) is 13.2 Å². The van der Waals surface area contributed by atoms with E-state index >= 15 is 0 Å². The normalized spacial score (nSPS) is 17.0. The molecule has 0 unspecified atom stereocenters. The third-order valence-corrected chi connectivity index (χ3v) is 9.05. The van der Waals surface area contributed by atoms with Crippen molar-refractivity contribution >= 4 is 50.6 Å². The van der Waals surface area contributed by atoms with Crippen LogP contribution in [0.3, 0.4) is 0 Å². The van der Waals surface area contributed by atoms with E-state index in [2.05, 4.69) is 10.3 Å². The molecule has 1 N–H and O–H groups in total. The van der Waals surface area contributed by atoms with Gasteiger partial charge in [0.25, 0.3) is 0 Å². The lowest BCUT2D eigenvalue weighted by Crippen LogP contribution is -2.47. The second-order valence-corrected chi connectivity index (χ2v) is 11.1. The van der Waals surface area contributed by atoms with Gasteiger partial charge in [0, 0.05) is 34.7 Å². The fraction of sp³-hybridized carbons (Fsp3) is 0.238. The molecule has 1 aliphatic rings. The molecule has 10 heteroatoms. The highest BCUT2D eigenvalue weighted by atomic mass is 35.5. The molecule has 0 saturated carbocycles. The van der Waals surface area contributed by atoms with E-state index in [1.54, 1.807) is 11.3 Å². The molecule has 2 heterocycles. The summed E-state index contributed by atoms with van der Waals surface area (Å²) < 4.78 is 27.2. The van der Waals surface area contributed by atoms with Crippen LogP contribution in [-0.2, 0) is 21.2 Å². The maximum Gasteiger partial charge on any atom is 0.244 e. The molecular weight excluding hydrogens is 474 g/mol. The van der Waals surface area contributed by atoms with Crippen molar-refractivity contribution in [2.45, 2.75) is 17.4 Å². The summed E-state index contributed by atoms with van der Waals surface area (Å²) in [6, 6.07) is 15.2. The third-order valence-electron chi connectivity index (χ3n) is 4.82. The van der Waals surface area contributed by atoms with Crippen molar-refractivity contribution in [2.75, 3.05) is 18.2 Å². The molecule has 162 valence electrons. The van der Waals surface area contributed by atoms with Crippen molar-refractivity contribution in [3.05, 3.63) is 70.7 Å². The number of sulfonamides is 1. The molecule has 1 fully saturated rings. The van der Waals surface area contributed by atoms with Crippen LogP contribution < -0.4 is 5.32 Å². The van der Waals surface area contributed by atoms with Crippen LogP contribution in [-0.4, -0.2) is 47.8 Å². The zero-order valence-electron chi connectivity index (χ0n) is 16.4. The number of nitrogens with zero attached hydrogens (tertiary/aromatic N) is 2. The minimum atomic E-state index is -3.77. The summed E-state index contributed by atoms with van der Waals surface area (Å²) in [7, 11) is -3.77. The summed E-state index contributed by atoms with van der Waals surface area (Å²) in [5.74, 6) is 0.379. The molecule has 0 spiro atoms. The van der Waals surface area contributed by atoms with Crippen LogP contribution in [0.1, 0.15) is 5.69 Å². The van der Waals surface area contributed by atoms with Gasteiger partial charge in [-0.2, -0.15) is 4.31 Å². The predicted octanol–water partition coefficient (Wildman–Crippen LogP) is 3.89. The minimum absolute atomic E-state index is 0.133. The topological polar surface area (TPSA) is 79.4 Å². The van der Waals surface area contributed by atoms with E-state index in [0.29, 0.717) is 23.7 Å². The number of carbonyl (C=O) groups excluding carboxylic acids is 1. The summed E-state index contributed by atoms with van der Waals surface area (Å²) in [5, 5.41) is 6.25. The number of amides is 1. The molecule has 0 radical (unpaired) electrons. The van der Waals surface area contributed by atoms with E-state index in [-0.39, 0.29) is 16.7 Å². The molecule has 0 bridgehead atoms. The van der Waals surface area contributed by atoms with Gasteiger partial charge in [-0.15, -0.1) is 23.1 Å². The van der Waals surface area contributed by atoms with Crippen LogP contribution in [0.25, 0.3) is 10.6 Å². The molecule has 1 atom stereocenters. The number of rotatable bonds is 7. The fourth-order valence-corrected chi connectivity index (χ4v) is 7.31. The molecule has 4 rings (SSSR count). The van der Waals surface area contributed by atoms with Gasteiger partial charge in [0.1, 0.15) is 11.0 Å². The Kier molecular flexibility index (Phi) is 6.98. The molecule has 3 aromatic rings. The molecule has 1 aliphatic heterocycles. The van der Waals surface area contributed by atoms with Gasteiger partial charge in [-0.3, -0.25) is 4.79 Å². The Balaban J connectivity index is 1.36. The lowest BCUT2D eigenvalue weighted by Gasteiger charge is -2.22. The standard InChI is InChI=1S/C21H20ClN3O3S3/c22-16-6-8-18(9-7-16)31(27,28)25-14-29-13-19(25)20(26)23-11-10-17-12-30-21(24-17)15-4-2-1-3-5-15/h1-9,12,19H,10-11,13-14H2,(H,23,26)/t19-/m1/s1. The molecule has 1 saturated heterocycles. The number of thiazole rings is 1. The van der Waals surface area contributed by atoms with E-state index in [1.165, 1.54) is 40.3 Å². The van der Waals surface area contributed by atoms with Crippen LogP contribution >= 0.6 is 34.7 Å². The molecule has 1 amide bonds. The average Bonchev–Trinajstić information content (AvgIpc) is 3.45. The fourth-order valence-electron chi connectivity index (χ4n) is 3.18. The average molecular weight is 494 g/mol. The number of thioether (sulfide) groups is 1. The monoisotopic (exact) mass is 493 g/mol. The summed E-state index contributed by atoms with van der Waals surface area (Å²) in [6.07, 6.45) is 0.582. The van der Waals surface area contributed by atoms with Crippen LogP contribution in [0.15, 0.2) is 64.9 Å². The predicted molar refractivity (Wildman–Crippen MR) is 126 cm³/mol. The van der Waals surface area contributed by atoms with Crippen molar-refractivity contribution in [1.82, 2.24) is 14.6 Å². The molecule has 0 aliphatic carbocycles. The molecule has 31 heavy (non-hydrogen) atoms. The first-order valence-electron chi connectivity index (χ1n) is 9.58. The first kappa shape index (κ1) is 22.3. The largest absolute Gasteiger partial charge is 0.354 e. The van der Waals surface area contributed by atoms with Gasteiger partial charge in [-0.05, 0) is 24.3 Å². The Labute approximate surface area is 194 Å². The van der Waals surface area contributed by atoms with Gasteiger partial charge in [0.05, 0.1) is 16.5 Å². The highest BCUT2D eigenvalue weighted by molar-refractivity contribution is 8.00. The van der Waals surface area contributed by atoms with Gasteiger partial charge < -0.3 is 5.32 Å². The number of hydrogen-bond donors (Lipinski definition) is 1. The highest BCUT2D eigenvalue weighted by Crippen LogP contribution is 2.29. The van der Waals surface area contributed by atoms with Gasteiger partial charge in [0.15, 0.2) is 0 Å². The Morgan fingerprint density at radius 1 is 1.16 bits per heavy atom. The third kappa shape index (κ3) is 5.12. The zero-order chi connectivity index (χ0) is 21.8. The minimum Gasteiger partial charge on any atom is -0.354 e. The number of carbonyl (C=O) groups is 1. The lowest BCUT2D eigenvalue weighted by molar-refractivity contribution is -0.123. The van der Waals surface area contributed by atoms with Crippen molar-refractivity contribution in [3.63, 3.8) is 0 Å². The maximum atomic E-state index is 13.0. The van der Waals surface area contributed by atoms with Crippen molar-refractivity contribution < 1.29 is 13.2 Å². The van der Waals surface area contributed by atoms with Crippen molar-refractivity contribution in [2.24, 2.45) is 0 Å². The van der Waals surface area contributed by atoms with Gasteiger partial charge >= 0.3 is 0 Å². The van der Waals surface area contributed by atoms with E-state index in [1.807, 2.05) is 35.7 Å². The quantitative estimate of drug-likeness (QED) is 0.540. The number of hydrogen-bond acceptors (Lipinski definition) is 6. The summed E-state index contributed by atoms with van der Waals surface area (Å²) in [6.45, 7) is 0.396.